The Morgan fingerprint density at radius 2 is 2.27 bits per heavy atom. The fourth-order valence-electron chi connectivity index (χ4n) is 2.05. The van der Waals surface area contributed by atoms with Crippen molar-refractivity contribution in [2.75, 3.05) is 0 Å². The molecule has 4 heteroatoms. The monoisotopic (exact) mass is 207 g/mol. The lowest BCUT2D eigenvalue weighted by Gasteiger charge is -2.20. The van der Waals surface area contributed by atoms with Crippen LogP contribution in [0.3, 0.4) is 0 Å². The molecule has 1 fully saturated rings. The lowest BCUT2D eigenvalue weighted by Crippen LogP contribution is -2.34. The molecule has 0 amide bonds. The van der Waals surface area contributed by atoms with E-state index in [2.05, 4.69) is 4.98 Å². The second-order valence-electron chi connectivity index (χ2n) is 4.09. The summed E-state index contributed by atoms with van der Waals surface area (Å²) < 4.78 is 0. The van der Waals surface area contributed by atoms with Crippen molar-refractivity contribution >= 4 is 5.97 Å². The number of pyridine rings is 1. The maximum atomic E-state index is 10.8. The summed E-state index contributed by atoms with van der Waals surface area (Å²) in [6, 6.07) is 1.84. The summed E-state index contributed by atoms with van der Waals surface area (Å²) >= 11 is 0. The van der Waals surface area contributed by atoms with E-state index in [0.29, 0.717) is 12.8 Å². The van der Waals surface area contributed by atoms with Gasteiger partial charge >= 0.3 is 5.97 Å². The Kier molecular flexibility index (Phi) is 2.23. The minimum Gasteiger partial charge on any atom is -0.479 e. The maximum absolute atomic E-state index is 10.8. The van der Waals surface area contributed by atoms with Gasteiger partial charge in [-0.05, 0) is 37.0 Å². The summed E-state index contributed by atoms with van der Waals surface area (Å²) in [4.78, 5) is 14.8. The van der Waals surface area contributed by atoms with Gasteiger partial charge in [0.1, 0.15) is 0 Å². The van der Waals surface area contributed by atoms with Crippen LogP contribution in [-0.2, 0) is 10.2 Å². The van der Waals surface area contributed by atoms with Gasteiger partial charge in [-0.2, -0.15) is 0 Å². The van der Waals surface area contributed by atoms with Crippen molar-refractivity contribution < 1.29 is 15.0 Å². The average Bonchev–Trinajstić information content (AvgIpc) is 2.98. The number of aliphatic hydroxyl groups excluding tert-OH is 1. The zero-order chi connectivity index (χ0) is 11.1. The number of aliphatic hydroxyl groups is 1. The second kappa shape index (κ2) is 3.31. The Bertz CT molecular complexity index is 399. The lowest BCUT2D eigenvalue weighted by atomic mass is 9.88. The number of carboxylic acid groups (broad SMARTS) is 1. The molecule has 0 bridgehead atoms. The molecule has 1 aliphatic carbocycles. The van der Waals surface area contributed by atoms with Crippen molar-refractivity contribution in [3.63, 3.8) is 0 Å². The van der Waals surface area contributed by atoms with E-state index in [9.17, 15) is 9.90 Å². The number of nitrogens with zero attached hydrogens (tertiary/aromatic N) is 1. The minimum absolute atomic E-state index is 0.593. The Labute approximate surface area is 87.6 Å². The highest BCUT2D eigenvalue weighted by Crippen LogP contribution is 2.51. The molecule has 0 saturated heterocycles. The van der Waals surface area contributed by atoms with Crippen LogP contribution < -0.4 is 0 Å². The molecule has 80 valence electrons. The van der Waals surface area contributed by atoms with Gasteiger partial charge in [0.25, 0.3) is 0 Å². The average molecular weight is 207 g/mol. The summed E-state index contributed by atoms with van der Waals surface area (Å²) in [5, 5.41) is 18.5. The number of hydrogen-bond acceptors (Lipinski definition) is 3. The van der Waals surface area contributed by atoms with E-state index in [1.807, 2.05) is 13.0 Å². The van der Waals surface area contributed by atoms with Gasteiger partial charge in [-0.3, -0.25) is 4.98 Å². The number of carbonyl (C=O) groups is 1. The van der Waals surface area contributed by atoms with E-state index in [-0.39, 0.29) is 0 Å². The normalized spacial score (nSPS) is 19.6. The first-order chi connectivity index (χ1) is 7.08. The molecular formula is C11H13NO3. The Morgan fingerprint density at radius 1 is 1.60 bits per heavy atom. The van der Waals surface area contributed by atoms with Gasteiger partial charge in [-0.15, -0.1) is 0 Å². The molecule has 1 aromatic rings. The maximum Gasteiger partial charge on any atom is 0.333 e. The number of hydrogen-bond donors (Lipinski definition) is 2. The smallest absolute Gasteiger partial charge is 0.333 e. The fraction of sp³-hybridized carbons (Fsp3) is 0.455. The van der Waals surface area contributed by atoms with E-state index in [1.165, 1.54) is 0 Å². The van der Waals surface area contributed by atoms with Crippen molar-refractivity contribution in [1.82, 2.24) is 4.98 Å². The van der Waals surface area contributed by atoms with Crippen molar-refractivity contribution in [2.24, 2.45) is 0 Å². The first-order valence-corrected chi connectivity index (χ1v) is 4.90. The fourth-order valence-corrected chi connectivity index (χ4v) is 2.05. The van der Waals surface area contributed by atoms with Crippen molar-refractivity contribution in [1.29, 1.82) is 0 Å². The van der Waals surface area contributed by atoms with Gasteiger partial charge in [-0.25, -0.2) is 4.79 Å². The zero-order valence-corrected chi connectivity index (χ0v) is 8.47. The number of aromatic nitrogens is 1. The largest absolute Gasteiger partial charge is 0.479 e. The summed E-state index contributed by atoms with van der Waals surface area (Å²) in [5.41, 5.74) is 1.26. The first kappa shape index (κ1) is 10.1. The third-order valence-electron chi connectivity index (χ3n) is 3.12. The van der Waals surface area contributed by atoms with Gasteiger partial charge in [0.15, 0.2) is 6.10 Å². The van der Waals surface area contributed by atoms with E-state index in [0.717, 1.165) is 11.1 Å². The molecule has 1 aromatic heterocycles. The molecule has 0 spiro atoms. The number of carboxylic acids is 1. The Balaban J connectivity index is 2.39. The molecule has 15 heavy (non-hydrogen) atoms. The quantitative estimate of drug-likeness (QED) is 0.771. The van der Waals surface area contributed by atoms with Crippen LogP contribution in [0.4, 0.5) is 0 Å². The predicted octanol–water partition coefficient (Wildman–Crippen LogP) is 0.867. The first-order valence-electron chi connectivity index (χ1n) is 4.90. The Morgan fingerprint density at radius 3 is 2.73 bits per heavy atom. The van der Waals surface area contributed by atoms with Crippen LogP contribution in [0.1, 0.15) is 24.0 Å². The van der Waals surface area contributed by atoms with E-state index in [1.54, 1.807) is 12.4 Å². The van der Waals surface area contributed by atoms with Gasteiger partial charge in [0.2, 0.25) is 0 Å². The van der Waals surface area contributed by atoms with Crippen LogP contribution in [0.25, 0.3) is 0 Å². The molecule has 2 rings (SSSR count). The molecule has 1 atom stereocenters. The molecule has 0 aromatic carbocycles. The van der Waals surface area contributed by atoms with Crippen LogP contribution in [0, 0.1) is 6.92 Å². The standard InChI is InChI=1S/C11H13NO3/c1-7-2-5-12-6-8(7)11(3-4-11)9(13)10(14)15/h2,5-6,9,13H,3-4H2,1H3,(H,14,15). The molecule has 1 heterocycles. The van der Waals surface area contributed by atoms with E-state index in [4.69, 9.17) is 5.11 Å². The predicted molar refractivity (Wildman–Crippen MR) is 53.5 cm³/mol. The molecule has 1 unspecified atom stereocenters. The minimum atomic E-state index is -1.32. The second-order valence-corrected chi connectivity index (χ2v) is 4.09. The summed E-state index contributed by atoms with van der Waals surface area (Å²) in [6.45, 7) is 1.91. The SMILES string of the molecule is Cc1ccncc1C1(C(O)C(=O)O)CC1. The van der Waals surface area contributed by atoms with Gasteiger partial charge in [0, 0.05) is 17.8 Å². The van der Waals surface area contributed by atoms with Gasteiger partial charge in [0.05, 0.1) is 0 Å². The number of aliphatic carboxylic acids is 1. The van der Waals surface area contributed by atoms with Crippen LogP contribution >= 0.6 is 0 Å². The summed E-state index contributed by atoms with van der Waals surface area (Å²) in [7, 11) is 0. The highest BCUT2D eigenvalue weighted by atomic mass is 16.4. The zero-order valence-electron chi connectivity index (χ0n) is 8.47. The van der Waals surface area contributed by atoms with Gasteiger partial charge in [-0.1, -0.05) is 0 Å². The number of aryl methyl sites for hydroxylation is 1. The Hall–Kier alpha value is -1.42. The molecule has 0 radical (unpaired) electrons. The van der Waals surface area contributed by atoms with Crippen molar-refractivity contribution in [3.8, 4) is 0 Å². The van der Waals surface area contributed by atoms with E-state index < -0.39 is 17.5 Å². The van der Waals surface area contributed by atoms with Crippen LogP contribution in [0.5, 0.6) is 0 Å². The third-order valence-corrected chi connectivity index (χ3v) is 3.12. The van der Waals surface area contributed by atoms with Gasteiger partial charge < -0.3 is 10.2 Å². The summed E-state index contributed by atoms with van der Waals surface area (Å²) in [6.07, 6.45) is 3.44. The summed E-state index contributed by atoms with van der Waals surface area (Å²) in [5.74, 6) is -1.16. The van der Waals surface area contributed by atoms with Crippen LogP contribution in [0.2, 0.25) is 0 Å². The topological polar surface area (TPSA) is 70.4 Å². The molecule has 1 saturated carbocycles. The molecule has 4 nitrogen and oxygen atoms in total. The highest BCUT2D eigenvalue weighted by molar-refractivity contribution is 5.75. The lowest BCUT2D eigenvalue weighted by molar-refractivity contribution is -0.148. The molecule has 0 aliphatic heterocycles. The van der Waals surface area contributed by atoms with Crippen LogP contribution in [-0.4, -0.2) is 27.3 Å². The number of rotatable bonds is 3. The highest BCUT2D eigenvalue weighted by Gasteiger charge is 2.54. The molecule has 1 aliphatic rings. The molecule has 2 N–H and O–H groups in total. The van der Waals surface area contributed by atoms with Crippen molar-refractivity contribution in [3.05, 3.63) is 29.6 Å². The third kappa shape index (κ3) is 1.51. The van der Waals surface area contributed by atoms with Crippen LogP contribution in [0.15, 0.2) is 18.5 Å². The molecular weight excluding hydrogens is 194 g/mol. The van der Waals surface area contributed by atoms with Crippen molar-refractivity contribution in [2.45, 2.75) is 31.3 Å². The van der Waals surface area contributed by atoms with E-state index >= 15 is 0 Å².